The van der Waals surface area contributed by atoms with E-state index in [1.807, 2.05) is 6.07 Å². The second kappa shape index (κ2) is 10.9. The van der Waals surface area contributed by atoms with Crippen molar-refractivity contribution in [3.05, 3.63) is 35.0 Å². The zero-order chi connectivity index (χ0) is 24.1. The van der Waals surface area contributed by atoms with Crippen LogP contribution in [0.2, 0.25) is 5.02 Å². The van der Waals surface area contributed by atoms with Gasteiger partial charge in [-0.2, -0.15) is 4.63 Å². The van der Waals surface area contributed by atoms with Crippen molar-refractivity contribution in [1.82, 2.24) is 19.8 Å². The molecule has 0 aliphatic carbocycles. The van der Waals surface area contributed by atoms with E-state index >= 15 is 0 Å². The molecule has 0 aliphatic heterocycles. The Morgan fingerprint density at radius 2 is 1.73 bits per heavy atom. The maximum absolute atomic E-state index is 12.5. The molecule has 0 fully saturated rings. The van der Waals surface area contributed by atoms with Crippen LogP contribution in [0.1, 0.15) is 84.8 Å². The van der Waals surface area contributed by atoms with Gasteiger partial charge in [-0.1, -0.05) is 96.4 Å². The zero-order valence-corrected chi connectivity index (χ0v) is 21.7. The molecule has 182 valence electrons. The van der Waals surface area contributed by atoms with Crippen molar-refractivity contribution in [2.75, 3.05) is 10.5 Å². The lowest BCUT2D eigenvalue weighted by molar-refractivity contribution is 0.557. The largest absolute Gasteiger partial charge is 0.284 e. The predicted molar refractivity (Wildman–Crippen MR) is 137 cm³/mol. The summed E-state index contributed by atoms with van der Waals surface area (Å²) in [5, 5.41) is 8.24. The Kier molecular flexibility index (Phi) is 8.45. The fourth-order valence-electron chi connectivity index (χ4n) is 3.80. The number of H-pyrrole nitrogens is 1. The van der Waals surface area contributed by atoms with E-state index in [0.717, 1.165) is 18.5 Å². The number of rotatable bonds is 12. The van der Waals surface area contributed by atoms with E-state index in [4.69, 9.17) is 11.6 Å². The van der Waals surface area contributed by atoms with Crippen LogP contribution in [-0.2, 0) is 15.4 Å². The van der Waals surface area contributed by atoms with Crippen LogP contribution in [0.5, 0.6) is 0 Å². The quantitative estimate of drug-likeness (QED) is 0.279. The fraction of sp³-hybridized carbons (Fsp3) is 0.583. The van der Waals surface area contributed by atoms with Crippen molar-refractivity contribution in [3.8, 4) is 11.4 Å². The molecular weight excluding hydrogens is 458 g/mol. The molecule has 33 heavy (non-hydrogen) atoms. The van der Waals surface area contributed by atoms with E-state index in [1.54, 1.807) is 22.8 Å². The monoisotopic (exact) mass is 493 g/mol. The SMILES string of the molecule is CCCCCCCCCCS(=O)(=O)Nc1cccc(-c2nc3c(Cl)c(C(C)(C)C)[nH]n3n2)c1. The number of aromatic amines is 1. The molecule has 0 spiro atoms. The average molecular weight is 494 g/mol. The van der Waals surface area contributed by atoms with Crippen LogP contribution in [0.3, 0.4) is 0 Å². The molecule has 0 saturated heterocycles. The first-order valence-electron chi connectivity index (χ1n) is 11.9. The van der Waals surface area contributed by atoms with Crippen LogP contribution in [0.4, 0.5) is 5.69 Å². The standard InChI is InChI=1S/C24H36ClN5O2S/c1-5-6-7-8-9-10-11-12-16-33(31,32)29-19-15-13-14-18(17-19)22-26-23-20(25)21(24(2,3)4)27-30(23)28-22/h13-15,17,27,29H,5-12,16H2,1-4H3. The number of hydrogen-bond acceptors (Lipinski definition) is 4. The minimum Gasteiger partial charge on any atom is -0.284 e. The van der Waals surface area contributed by atoms with Gasteiger partial charge in [0.25, 0.3) is 0 Å². The maximum Gasteiger partial charge on any atom is 0.232 e. The van der Waals surface area contributed by atoms with Gasteiger partial charge in [-0.25, -0.2) is 13.4 Å². The number of halogens is 1. The Balaban J connectivity index is 1.60. The highest BCUT2D eigenvalue weighted by Gasteiger charge is 2.24. The first-order chi connectivity index (χ1) is 15.6. The van der Waals surface area contributed by atoms with E-state index in [2.05, 4.69) is 47.6 Å². The molecule has 7 nitrogen and oxygen atoms in total. The van der Waals surface area contributed by atoms with E-state index in [0.29, 0.717) is 34.2 Å². The van der Waals surface area contributed by atoms with Crippen molar-refractivity contribution in [3.63, 3.8) is 0 Å². The summed E-state index contributed by atoms with van der Waals surface area (Å²) in [7, 11) is -3.40. The Labute approximate surface area is 202 Å². The number of benzene rings is 1. The van der Waals surface area contributed by atoms with E-state index in [-0.39, 0.29) is 11.2 Å². The second-order valence-electron chi connectivity index (χ2n) is 9.70. The molecule has 0 radical (unpaired) electrons. The van der Waals surface area contributed by atoms with Gasteiger partial charge in [0.05, 0.1) is 11.4 Å². The summed E-state index contributed by atoms with van der Waals surface area (Å²) in [6.45, 7) is 8.40. The maximum atomic E-state index is 12.5. The highest BCUT2D eigenvalue weighted by atomic mass is 35.5. The summed E-state index contributed by atoms with van der Waals surface area (Å²) >= 11 is 6.52. The van der Waals surface area contributed by atoms with Gasteiger partial charge in [0, 0.05) is 16.7 Å². The highest BCUT2D eigenvalue weighted by Crippen LogP contribution is 2.32. The van der Waals surface area contributed by atoms with Crippen molar-refractivity contribution in [1.29, 1.82) is 0 Å². The van der Waals surface area contributed by atoms with Gasteiger partial charge in [0.2, 0.25) is 10.0 Å². The molecule has 0 atom stereocenters. The van der Waals surface area contributed by atoms with Gasteiger partial charge >= 0.3 is 0 Å². The fourth-order valence-corrected chi connectivity index (χ4v) is 5.42. The first kappa shape index (κ1) is 25.6. The third-order valence-corrected chi connectivity index (χ3v) is 7.38. The lowest BCUT2D eigenvalue weighted by Gasteiger charge is -2.16. The van der Waals surface area contributed by atoms with Gasteiger partial charge in [0.15, 0.2) is 11.5 Å². The predicted octanol–water partition coefficient (Wildman–Crippen LogP) is 6.56. The third-order valence-electron chi connectivity index (χ3n) is 5.65. The number of sulfonamides is 1. The molecule has 3 rings (SSSR count). The molecule has 2 N–H and O–H groups in total. The molecule has 2 heterocycles. The molecule has 0 saturated carbocycles. The second-order valence-corrected chi connectivity index (χ2v) is 11.9. The molecule has 0 aliphatic rings. The Morgan fingerprint density at radius 3 is 2.36 bits per heavy atom. The van der Waals surface area contributed by atoms with Crippen molar-refractivity contribution in [2.45, 2.75) is 84.5 Å². The zero-order valence-electron chi connectivity index (χ0n) is 20.1. The summed E-state index contributed by atoms with van der Waals surface area (Å²) in [6.07, 6.45) is 8.93. The van der Waals surface area contributed by atoms with Gasteiger partial charge in [-0.05, 0) is 18.6 Å². The van der Waals surface area contributed by atoms with Crippen LogP contribution in [0, 0.1) is 0 Å². The normalized spacial score (nSPS) is 12.5. The van der Waals surface area contributed by atoms with Crippen LogP contribution in [-0.4, -0.2) is 34.0 Å². The molecule has 0 unspecified atom stereocenters. The topological polar surface area (TPSA) is 92.1 Å². The first-order valence-corrected chi connectivity index (χ1v) is 13.9. The lowest BCUT2D eigenvalue weighted by atomic mass is 9.92. The molecule has 2 aromatic heterocycles. The van der Waals surface area contributed by atoms with Crippen molar-refractivity contribution < 1.29 is 8.42 Å². The molecule has 1 aromatic carbocycles. The van der Waals surface area contributed by atoms with Gasteiger partial charge in [0.1, 0.15) is 5.02 Å². The number of aromatic nitrogens is 4. The Hall–Kier alpha value is -2.06. The third kappa shape index (κ3) is 6.96. The molecule has 0 amide bonds. The Bertz CT molecular complexity index is 1160. The highest BCUT2D eigenvalue weighted by molar-refractivity contribution is 7.92. The molecule has 0 bridgehead atoms. The summed E-state index contributed by atoms with van der Waals surface area (Å²) in [5.74, 6) is 0.607. The van der Waals surface area contributed by atoms with Gasteiger partial charge in [-0.3, -0.25) is 9.82 Å². The minimum atomic E-state index is -3.40. The van der Waals surface area contributed by atoms with Gasteiger partial charge < -0.3 is 0 Å². The van der Waals surface area contributed by atoms with Crippen molar-refractivity contribution in [2.24, 2.45) is 0 Å². The Morgan fingerprint density at radius 1 is 1.06 bits per heavy atom. The number of anilines is 1. The van der Waals surface area contributed by atoms with Crippen LogP contribution >= 0.6 is 11.6 Å². The number of nitrogens with one attached hydrogen (secondary N) is 2. The summed E-state index contributed by atoms with van der Waals surface area (Å²) in [6, 6.07) is 7.13. The van der Waals surface area contributed by atoms with E-state index in [9.17, 15) is 8.42 Å². The smallest absolute Gasteiger partial charge is 0.232 e. The van der Waals surface area contributed by atoms with Crippen LogP contribution in [0.25, 0.3) is 17.0 Å². The van der Waals surface area contributed by atoms with Crippen LogP contribution in [0.15, 0.2) is 24.3 Å². The van der Waals surface area contributed by atoms with Crippen LogP contribution < -0.4 is 4.72 Å². The average Bonchev–Trinajstić information content (AvgIpc) is 3.29. The van der Waals surface area contributed by atoms with Crippen molar-refractivity contribution >= 4 is 33.0 Å². The number of hydrogen-bond donors (Lipinski definition) is 2. The van der Waals surface area contributed by atoms with Gasteiger partial charge in [-0.15, -0.1) is 5.10 Å². The molecule has 3 aromatic rings. The summed E-state index contributed by atoms with van der Waals surface area (Å²) in [4.78, 5) is 4.56. The summed E-state index contributed by atoms with van der Waals surface area (Å²) in [5.41, 5.74) is 2.48. The molecular formula is C24H36ClN5O2S. The molecule has 9 heteroatoms. The number of unbranched alkanes of at least 4 members (excludes halogenated alkanes) is 7. The number of nitrogens with zero attached hydrogens (tertiary/aromatic N) is 3. The van der Waals surface area contributed by atoms with E-state index in [1.165, 1.54) is 32.1 Å². The number of fused-ring (bicyclic) bond motifs is 1. The minimum absolute atomic E-state index is 0.128. The van der Waals surface area contributed by atoms with E-state index < -0.39 is 10.0 Å². The lowest BCUT2D eigenvalue weighted by Crippen LogP contribution is -2.16. The summed E-state index contributed by atoms with van der Waals surface area (Å²) < 4.78 is 29.3.